The van der Waals surface area contributed by atoms with Crippen molar-refractivity contribution in [2.24, 2.45) is 7.05 Å². The lowest BCUT2D eigenvalue weighted by molar-refractivity contribution is -0.147. The molecule has 0 atom stereocenters. The highest BCUT2D eigenvalue weighted by Gasteiger charge is 2.38. The largest absolute Gasteiger partial charge is 0.451 e. The fraction of sp³-hybridized carbons (Fsp3) is 0.250. The lowest BCUT2D eigenvalue weighted by Gasteiger charge is -2.04. The Balaban J connectivity index is 2.17. The first-order valence-corrected chi connectivity index (χ1v) is 5.85. The summed E-state index contributed by atoms with van der Waals surface area (Å²) in [6.07, 6.45) is -4.75. The summed E-state index contributed by atoms with van der Waals surface area (Å²) in [5.74, 6) is -1.99. The smallest absolute Gasteiger partial charge is 0.324 e. The number of anilines is 1. The van der Waals surface area contributed by atoms with Gasteiger partial charge in [0.15, 0.2) is 0 Å². The van der Waals surface area contributed by atoms with E-state index in [-0.39, 0.29) is 0 Å². The summed E-state index contributed by atoms with van der Waals surface area (Å²) < 4.78 is 38.6. The summed E-state index contributed by atoms with van der Waals surface area (Å²) in [7, 11) is 0.948. The van der Waals surface area contributed by atoms with Gasteiger partial charge in [0.2, 0.25) is 11.7 Å². The SMILES string of the molecule is Cn1c(C(F)(F)F)nn(CC(=O)Nc2ccccc2)c1=O. The van der Waals surface area contributed by atoms with Gasteiger partial charge in [-0.25, -0.2) is 9.48 Å². The van der Waals surface area contributed by atoms with E-state index < -0.39 is 30.1 Å². The molecule has 0 saturated heterocycles. The lowest BCUT2D eigenvalue weighted by Crippen LogP contribution is -2.29. The van der Waals surface area contributed by atoms with Crippen LogP contribution in [0.5, 0.6) is 0 Å². The summed E-state index contributed by atoms with van der Waals surface area (Å²) in [5.41, 5.74) is -0.534. The molecule has 1 amide bonds. The van der Waals surface area contributed by atoms with Crippen molar-refractivity contribution < 1.29 is 18.0 Å². The van der Waals surface area contributed by atoms with Crippen LogP contribution < -0.4 is 11.0 Å². The number of aromatic nitrogens is 3. The molecule has 21 heavy (non-hydrogen) atoms. The number of nitrogens with one attached hydrogen (secondary N) is 1. The van der Waals surface area contributed by atoms with Gasteiger partial charge >= 0.3 is 11.9 Å². The minimum atomic E-state index is -4.75. The van der Waals surface area contributed by atoms with Crippen molar-refractivity contribution in [3.8, 4) is 0 Å². The molecule has 112 valence electrons. The molecule has 0 aliphatic carbocycles. The lowest BCUT2D eigenvalue weighted by atomic mass is 10.3. The summed E-state index contributed by atoms with van der Waals surface area (Å²) >= 11 is 0. The third-order valence-corrected chi connectivity index (χ3v) is 2.65. The van der Waals surface area contributed by atoms with Crippen molar-refractivity contribution in [2.75, 3.05) is 5.32 Å². The molecule has 0 unspecified atom stereocenters. The Labute approximate surface area is 116 Å². The minimum absolute atomic E-state index is 0.357. The van der Waals surface area contributed by atoms with Gasteiger partial charge in [0, 0.05) is 12.7 Å². The molecular formula is C12H11F3N4O2. The highest BCUT2D eigenvalue weighted by molar-refractivity contribution is 5.90. The Morgan fingerprint density at radius 2 is 1.90 bits per heavy atom. The van der Waals surface area contributed by atoms with E-state index in [9.17, 15) is 22.8 Å². The number of para-hydroxylation sites is 1. The van der Waals surface area contributed by atoms with E-state index in [2.05, 4.69) is 10.4 Å². The van der Waals surface area contributed by atoms with Crippen LogP contribution >= 0.6 is 0 Å². The quantitative estimate of drug-likeness (QED) is 0.927. The molecule has 0 spiro atoms. The maximum absolute atomic E-state index is 12.6. The summed E-state index contributed by atoms with van der Waals surface area (Å²) in [5, 5.41) is 5.60. The Hall–Kier alpha value is -2.58. The highest BCUT2D eigenvalue weighted by Crippen LogP contribution is 2.25. The van der Waals surface area contributed by atoms with Gasteiger partial charge in [-0.2, -0.15) is 13.2 Å². The number of rotatable bonds is 3. The van der Waals surface area contributed by atoms with Crippen molar-refractivity contribution >= 4 is 11.6 Å². The van der Waals surface area contributed by atoms with E-state index in [1.807, 2.05) is 0 Å². The van der Waals surface area contributed by atoms with E-state index in [1.54, 1.807) is 30.3 Å². The number of nitrogens with zero attached hydrogens (tertiary/aromatic N) is 3. The molecule has 2 rings (SSSR count). The van der Waals surface area contributed by atoms with Gasteiger partial charge in [-0.05, 0) is 12.1 Å². The van der Waals surface area contributed by atoms with E-state index >= 15 is 0 Å². The number of amides is 1. The number of alkyl halides is 3. The third-order valence-electron chi connectivity index (χ3n) is 2.65. The van der Waals surface area contributed by atoms with Gasteiger partial charge < -0.3 is 5.32 Å². The monoisotopic (exact) mass is 300 g/mol. The fourth-order valence-corrected chi connectivity index (χ4v) is 1.70. The number of hydrogen-bond donors (Lipinski definition) is 1. The van der Waals surface area contributed by atoms with Crippen LogP contribution in [-0.4, -0.2) is 20.3 Å². The van der Waals surface area contributed by atoms with E-state index in [0.717, 1.165) is 7.05 Å². The number of carbonyl (C=O) groups is 1. The van der Waals surface area contributed by atoms with Crippen LogP contribution in [0.1, 0.15) is 5.82 Å². The molecule has 0 radical (unpaired) electrons. The second kappa shape index (κ2) is 5.43. The van der Waals surface area contributed by atoms with Crippen molar-refractivity contribution in [1.29, 1.82) is 0 Å². The summed E-state index contributed by atoms with van der Waals surface area (Å²) in [4.78, 5) is 23.3. The molecule has 1 aromatic carbocycles. The Morgan fingerprint density at radius 3 is 2.43 bits per heavy atom. The Bertz CT molecular complexity index is 704. The van der Waals surface area contributed by atoms with Crippen molar-refractivity contribution in [1.82, 2.24) is 14.3 Å². The zero-order valence-electron chi connectivity index (χ0n) is 10.9. The van der Waals surface area contributed by atoms with Crippen LogP contribution in [0.2, 0.25) is 0 Å². The first-order valence-electron chi connectivity index (χ1n) is 5.85. The molecule has 6 nitrogen and oxygen atoms in total. The van der Waals surface area contributed by atoms with E-state index in [0.29, 0.717) is 14.9 Å². The molecule has 9 heteroatoms. The van der Waals surface area contributed by atoms with Crippen LogP contribution in [0.15, 0.2) is 35.1 Å². The molecule has 0 aliphatic heterocycles. The van der Waals surface area contributed by atoms with Gasteiger partial charge in [0.05, 0.1) is 0 Å². The fourth-order valence-electron chi connectivity index (χ4n) is 1.70. The van der Waals surface area contributed by atoms with Crippen molar-refractivity contribution in [3.63, 3.8) is 0 Å². The average molecular weight is 300 g/mol. The van der Waals surface area contributed by atoms with E-state index in [4.69, 9.17) is 0 Å². The molecule has 1 aromatic heterocycles. The van der Waals surface area contributed by atoms with Gasteiger partial charge in [0.25, 0.3) is 0 Å². The molecular weight excluding hydrogens is 289 g/mol. The minimum Gasteiger partial charge on any atom is -0.324 e. The van der Waals surface area contributed by atoms with Crippen LogP contribution in [-0.2, 0) is 24.6 Å². The molecule has 0 fully saturated rings. The van der Waals surface area contributed by atoms with Gasteiger partial charge in [-0.15, -0.1) is 5.10 Å². The number of carbonyl (C=O) groups excluding carboxylic acids is 1. The normalized spacial score (nSPS) is 11.4. The zero-order valence-corrected chi connectivity index (χ0v) is 10.9. The zero-order chi connectivity index (χ0) is 15.6. The average Bonchev–Trinajstić information content (AvgIpc) is 2.68. The van der Waals surface area contributed by atoms with Gasteiger partial charge in [0.1, 0.15) is 6.54 Å². The predicted molar refractivity (Wildman–Crippen MR) is 67.5 cm³/mol. The molecule has 1 N–H and O–H groups in total. The Kier molecular flexibility index (Phi) is 3.83. The molecule has 0 bridgehead atoms. The van der Waals surface area contributed by atoms with Gasteiger partial charge in [-0.3, -0.25) is 9.36 Å². The standard InChI is InChI=1S/C12H11F3N4O2/c1-18-10(12(13,14)15)17-19(11(18)21)7-9(20)16-8-5-3-2-4-6-8/h2-6H,7H2,1H3,(H,16,20). The predicted octanol–water partition coefficient (Wildman–Crippen LogP) is 1.24. The third kappa shape index (κ3) is 3.30. The topological polar surface area (TPSA) is 68.9 Å². The second-order valence-corrected chi connectivity index (χ2v) is 4.23. The second-order valence-electron chi connectivity index (χ2n) is 4.23. The highest BCUT2D eigenvalue weighted by atomic mass is 19.4. The number of benzene rings is 1. The summed E-state index contributed by atoms with van der Waals surface area (Å²) in [6.45, 7) is -0.600. The first kappa shape index (κ1) is 14.8. The number of halogens is 3. The van der Waals surface area contributed by atoms with Crippen LogP contribution in [0, 0.1) is 0 Å². The molecule has 0 saturated carbocycles. The first-order chi connectivity index (χ1) is 9.79. The van der Waals surface area contributed by atoms with E-state index in [1.165, 1.54) is 0 Å². The van der Waals surface area contributed by atoms with Crippen molar-refractivity contribution in [2.45, 2.75) is 12.7 Å². The summed E-state index contributed by atoms with van der Waals surface area (Å²) in [6, 6.07) is 8.34. The van der Waals surface area contributed by atoms with Crippen LogP contribution in [0.4, 0.5) is 18.9 Å². The molecule has 0 aliphatic rings. The number of hydrogen-bond acceptors (Lipinski definition) is 3. The Morgan fingerprint density at radius 1 is 1.29 bits per heavy atom. The van der Waals surface area contributed by atoms with Crippen LogP contribution in [0.25, 0.3) is 0 Å². The van der Waals surface area contributed by atoms with Crippen molar-refractivity contribution in [3.05, 3.63) is 46.6 Å². The van der Waals surface area contributed by atoms with Crippen LogP contribution in [0.3, 0.4) is 0 Å². The van der Waals surface area contributed by atoms with Gasteiger partial charge in [-0.1, -0.05) is 18.2 Å². The molecule has 2 aromatic rings. The molecule has 1 heterocycles. The maximum atomic E-state index is 12.6. The maximum Gasteiger partial charge on any atom is 0.451 e.